The van der Waals surface area contributed by atoms with Crippen molar-refractivity contribution in [3.8, 4) is 0 Å². The van der Waals surface area contributed by atoms with Crippen LogP contribution in [-0.4, -0.2) is 41.4 Å². The van der Waals surface area contributed by atoms with Crippen LogP contribution >= 0.6 is 67.8 Å². The van der Waals surface area contributed by atoms with E-state index in [2.05, 4.69) is 0 Å². The molecule has 2 atom stereocenters. The lowest BCUT2D eigenvalue weighted by atomic mass is 9.84. The number of amides is 1. The van der Waals surface area contributed by atoms with Crippen molar-refractivity contribution in [2.75, 3.05) is 18.1 Å². The second-order valence-electron chi connectivity index (χ2n) is 5.81. The number of halogens is 3. The Kier molecular flexibility index (Phi) is 9.34. The first kappa shape index (κ1) is 26.1. The molecule has 0 heterocycles. The highest BCUT2D eigenvalue weighted by Gasteiger charge is 2.51. The summed E-state index contributed by atoms with van der Waals surface area (Å²) in [7, 11) is 0. The van der Waals surface area contributed by atoms with Gasteiger partial charge in [0.05, 0.1) is 21.6 Å². The average molecular weight is 745 g/mol. The molecule has 7 N–H and O–H groups in total. The lowest BCUT2D eigenvalue weighted by molar-refractivity contribution is -0.168. The third kappa shape index (κ3) is 5.60. The molecule has 0 radical (unpaired) electrons. The summed E-state index contributed by atoms with van der Waals surface area (Å²) < 4.78 is 10.6. The number of hydrogen-bond donors (Lipinski definition) is 4. The monoisotopic (exact) mass is 745 g/mol. The molecule has 2 unspecified atom stereocenters. The number of Topliss-reactive ketones (excluding diaryl/α,β-unsaturated/α-hetero) is 1. The van der Waals surface area contributed by atoms with Gasteiger partial charge < -0.3 is 31.8 Å². The van der Waals surface area contributed by atoms with Crippen LogP contribution in [-0.2, 0) is 34.3 Å². The first-order valence-electron chi connectivity index (χ1n) is 7.85. The molecule has 0 bridgehead atoms. The van der Waals surface area contributed by atoms with E-state index in [1.165, 1.54) is 0 Å². The van der Waals surface area contributed by atoms with Gasteiger partial charge in [0.1, 0.15) is 0 Å². The molecular formula is C16H18I3N3O7. The Bertz CT molecular complexity index is 849. The van der Waals surface area contributed by atoms with Gasteiger partial charge in [0, 0.05) is 33.0 Å². The number of ether oxygens (including phenoxy) is 2. The smallest absolute Gasteiger partial charge is 0.303 e. The second kappa shape index (κ2) is 10.4. The molecule has 29 heavy (non-hydrogen) atoms. The quantitative estimate of drug-likeness (QED) is 0.129. The summed E-state index contributed by atoms with van der Waals surface area (Å²) in [6.07, 6.45) is -1.91. The molecule has 0 aliphatic rings. The van der Waals surface area contributed by atoms with Crippen molar-refractivity contribution >= 4 is 103 Å². The van der Waals surface area contributed by atoms with E-state index in [0.29, 0.717) is 3.57 Å². The summed E-state index contributed by atoms with van der Waals surface area (Å²) >= 11 is 5.42. The van der Waals surface area contributed by atoms with Gasteiger partial charge in [-0.1, -0.05) is 0 Å². The summed E-state index contributed by atoms with van der Waals surface area (Å²) in [5, 5.41) is 11.2. The van der Waals surface area contributed by atoms with E-state index in [1.54, 1.807) is 45.2 Å². The lowest BCUT2D eigenvalue weighted by Gasteiger charge is -2.30. The molecule has 0 saturated heterocycles. The van der Waals surface area contributed by atoms with Crippen LogP contribution in [0.5, 0.6) is 0 Å². The van der Waals surface area contributed by atoms with Crippen molar-refractivity contribution in [1.82, 2.24) is 0 Å². The number of hydrogen-bond acceptors (Lipinski definition) is 9. The Morgan fingerprint density at radius 2 is 1.48 bits per heavy atom. The van der Waals surface area contributed by atoms with Gasteiger partial charge >= 0.3 is 11.9 Å². The fourth-order valence-corrected chi connectivity index (χ4v) is 6.32. The van der Waals surface area contributed by atoms with Gasteiger partial charge in [0.15, 0.2) is 6.10 Å². The maximum atomic E-state index is 13.2. The van der Waals surface area contributed by atoms with Crippen molar-refractivity contribution in [3.63, 3.8) is 0 Å². The highest BCUT2D eigenvalue weighted by Crippen LogP contribution is 2.41. The van der Waals surface area contributed by atoms with Crippen molar-refractivity contribution in [1.29, 1.82) is 0 Å². The van der Waals surface area contributed by atoms with Gasteiger partial charge in [0.2, 0.25) is 11.4 Å². The first-order valence-corrected chi connectivity index (χ1v) is 11.1. The van der Waals surface area contributed by atoms with Crippen molar-refractivity contribution in [3.05, 3.63) is 16.3 Å². The Hall–Kier alpha value is -0.950. The van der Waals surface area contributed by atoms with Crippen LogP contribution in [0.25, 0.3) is 0 Å². The fraction of sp³-hybridized carbons (Fsp3) is 0.375. The molecule has 1 aromatic rings. The first-order chi connectivity index (χ1) is 13.3. The van der Waals surface area contributed by atoms with Gasteiger partial charge in [-0.05, 0) is 67.8 Å². The predicted molar refractivity (Wildman–Crippen MR) is 128 cm³/mol. The summed E-state index contributed by atoms with van der Waals surface area (Å²) in [6.45, 7) is 1.91. The number of rotatable bonds is 8. The number of aliphatic hydroxyl groups is 1. The Balaban J connectivity index is 3.60. The molecule has 0 fully saturated rings. The van der Waals surface area contributed by atoms with E-state index in [-0.39, 0.29) is 37.1 Å². The van der Waals surface area contributed by atoms with Crippen LogP contribution in [0, 0.1) is 10.7 Å². The molecule has 0 aromatic heterocycles. The van der Waals surface area contributed by atoms with Gasteiger partial charge in [-0.2, -0.15) is 0 Å². The van der Waals surface area contributed by atoms with E-state index in [1.807, 2.05) is 22.6 Å². The highest BCUT2D eigenvalue weighted by atomic mass is 127. The van der Waals surface area contributed by atoms with Gasteiger partial charge in [0.25, 0.3) is 5.91 Å². The minimum absolute atomic E-state index is 0.149. The Labute approximate surface area is 207 Å². The third-order valence-electron chi connectivity index (χ3n) is 3.75. The molecule has 0 aliphatic heterocycles. The molecule has 1 aromatic carbocycles. The number of carbonyl (C=O) groups excluding carboxylic acids is 4. The second-order valence-corrected chi connectivity index (χ2v) is 9.05. The van der Waals surface area contributed by atoms with E-state index < -0.39 is 35.3 Å². The predicted octanol–water partition coefficient (Wildman–Crippen LogP) is 0.792. The largest absolute Gasteiger partial charge is 0.466 e. The summed E-state index contributed by atoms with van der Waals surface area (Å²) in [6, 6.07) is 0. The molecular weight excluding hydrogens is 727 g/mol. The van der Waals surface area contributed by atoms with Crippen LogP contribution < -0.4 is 17.2 Å². The number of nitrogens with two attached hydrogens (primary N) is 3. The van der Waals surface area contributed by atoms with E-state index in [0.717, 1.165) is 13.8 Å². The maximum Gasteiger partial charge on any atom is 0.303 e. The zero-order valence-corrected chi connectivity index (χ0v) is 21.7. The average Bonchev–Trinajstić information content (AvgIpc) is 2.62. The van der Waals surface area contributed by atoms with Crippen LogP contribution in [0.15, 0.2) is 0 Å². The third-order valence-corrected chi connectivity index (χ3v) is 7.15. The zero-order valence-electron chi connectivity index (χ0n) is 15.3. The van der Waals surface area contributed by atoms with Crippen molar-refractivity contribution < 1.29 is 33.8 Å². The van der Waals surface area contributed by atoms with Crippen molar-refractivity contribution in [2.24, 2.45) is 5.73 Å². The molecule has 160 valence electrons. The van der Waals surface area contributed by atoms with Crippen LogP contribution in [0.4, 0.5) is 11.4 Å². The minimum atomic E-state index is -2.89. The number of nitrogen functional groups attached to an aromatic ring is 2. The molecule has 10 nitrogen and oxygen atoms in total. The molecule has 0 saturated carbocycles. The summed E-state index contributed by atoms with van der Waals surface area (Å²) in [4.78, 5) is 47.9. The SMILES string of the molecule is CC(=O)OCCC(OC(C)=O)C(=O)C(O)(C(N)=O)c1c(I)c(N)c(I)c(N)c1I. The number of anilines is 2. The Morgan fingerprint density at radius 1 is 1.00 bits per heavy atom. The molecule has 13 heteroatoms. The van der Waals surface area contributed by atoms with E-state index in [9.17, 15) is 24.3 Å². The lowest BCUT2D eigenvalue weighted by Crippen LogP contribution is -2.54. The van der Waals surface area contributed by atoms with Crippen LogP contribution in [0.3, 0.4) is 0 Å². The number of esters is 2. The topological polar surface area (TPSA) is 185 Å². The van der Waals surface area contributed by atoms with Gasteiger partial charge in [-0.15, -0.1) is 0 Å². The maximum absolute atomic E-state index is 13.2. The molecule has 0 spiro atoms. The molecule has 1 amide bonds. The number of ketones is 1. The normalized spacial score (nSPS) is 13.9. The molecule has 1 rings (SSSR count). The van der Waals surface area contributed by atoms with Crippen molar-refractivity contribution in [2.45, 2.75) is 32.0 Å². The summed E-state index contributed by atoms with van der Waals surface area (Å²) in [5.41, 5.74) is 14.6. The standard InChI is InChI=1S/C16H18I3N3O7/c1-5(23)28-4-3-7(29-6(2)24)14(25)16(27,15(22)26)8-9(17)12(20)11(19)13(21)10(8)18/h7,27H,3-4,20-21H2,1-2H3,(H2,22,26). The molecule has 0 aliphatic carbocycles. The zero-order chi connectivity index (χ0) is 22.7. The minimum Gasteiger partial charge on any atom is -0.466 e. The fourth-order valence-electron chi connectivity index (χ4n) is 2.38. The number of carbonyl (C=O) groups is 4. The van der Waals surface area contributed by atoms with E-state index in [4.69, 9.17) is 26.7 Å². The number of primary amides is 1. The van der Waals surface area contributed by atoms with E-state index >= 15 is 0 Å². The number of benzene rings is 1. The van der Waals surface area contributed by atoms with Gasteiger partial charge in [-0.3, -0.25) is 19.2 Å². The van der Waals surface area contributed by atoms with Gasteiger partial charge in [-0.25, -0.2) is 0 Å². The summed E-state index contributed by atoms with van der Waals surface area (Å²) in [5.74, 6) is -4.07. The highest BCUT2D eigenvalue weighted by molar-refractivity contribution is 14.1. The van der Waals surface area contributed by atoms with Crippen LogP contribution in [0.1, 0.15) is 25.8 Å². The van der Waals surface area contributed by atoms with Crippen LogP contribution in [0.2, 0.25) is 0 Å². The Morgan fingerprint density at radius 3 is 1.86 bits per heavy atom.